The Hall–Kier alpha value is -0.780. The van der Waals surface area contributed by atoms with Crippen LogP contribution in [0.3, 0.4) is 0 Å². The minimum absolute atomic E-state index is 0.0322. The summed E-state index contributed by atoms with van der Waals surface area (Å²) in [6.07, 6.45) is 0.599. The Morgan fingerprint density at radius 2 is 1.59 bits per heavy atom. The molecule has 0 aliphatic carbocycles. The molecule has 0 aliphatic heterocycles. The lowest BCUT2D eigenvalue weighted by Crippen LogP contribution is -2.28. The molecule has 2 aromatic rings. The molecule has 7 heteroatoms. The number of rotatable bonds is 5. The van der Waals surface area contributed by atoms with Crippen LogP contribution in [-0.4, -0.2) is 8.42 Å². The first-order chi connectivity index (χ1) is 10.3. The molecule has 22 heavy (non-hydrogen) atoms. The monoisotopic (exact) mass is 377 g/mol. The summed E-state index contributed by atoms with van der Waals surface area (Å²) < 4.78 is 27.8. The van der Waals surface area contributed by atoms with Gasteiger partial charge in [0, 0.05) is 6.04 Å². The van der Waals surface area contributed by atoms with Crippen LogP contribution < -0.4 is 4.72 Å². The Bertz CT molecular complexity index is 764. The summed E-state index contributed by atoms with van der Waals surface area (Å²) >= 11 is 17.7. The van der Waals surface area contributed by atoms with Gasteiger partial charge >= 0.3 is 0 Å². The first-order valence-corrected chi connectivity index (χ1v) is 9.18. The van der Waals surface area contributed by atoms with Crippen LogP contribution in [0.15, 0.2) is 47.4 Å². The molecule has 0 bridgehead atoms. The van der Waals surface area contributed by atoms with Crippen LogP contribution in [0.1, 0.15) is 24.9 Å². The summed E-state index contributed by atoms with van der Waals surface area (Å²) in [5.41, 5.74) is 0.879. The van der Waals surface area contributed by atoms with Gasteiger partial charge in [-0.25, -0.2) is 13.1 Å². The highest BCUT2D eigenvalue weighted by atomic mass is 35.5. The quantitative estimate of drug-likeness (QED) is 0.738. The minimum atomic E-state index is -3.81. The van der Waals surface area contributed by atoms with Crippen LogP contribution in [0.4, 0.5) is 0 Å². The maximum Gasteiger partial charge on any atom is 0.242 e. The lowest BCUT2D eigenvalue weighted by Gasteiger charge is -2.18. The van der Waals surface area contributed by atoms with E-state index >= 15 is 0 Å². The number of halogens is 3. The lowest BCUT2D eigenvalue weighted by atomic mass is 10.1. The van der Waals surface area contributed by atoms with Gasteiger partial charge in [0.2, 0.25) is 10.0 Å². The Balaban J connectivity index is 2.37. The van der Waals surface area contributed by atoms with Gasteiger partial charge in [-0.3, -0.25) is 0 Å². The highest BCUT2D eigenvalue weighted by Crippen LogP contribution is 2.32. The summed E-state index contributed by atoms with van der Waals surface area (Å²) in [5.74, 6) is 0. The molecule has 0 aliphatic rings. The van der Waals surface area contributed by atoms with Crippen LogP contribution in [-0.2, 0) is 10.0 Å². The highest BCUT2D eigenvalue weighted by Gasteiger charge is 2.23. The van der Waals surface area contributed by atoms with E-state index in [4.69, 9.17) is 34.8 Å². The van der Waals surface area contributed by atoms with Crippen molar-refractivity contribution >= 4 is 44.8 Å². The zero-order chi connectivity index (χ0) is 16.3. The first kappa shape index (κ1) is 17.6. The molecule has 0 spiro atoms. The Labute approximate surface area is 145 Å². The average Bonchev–Trinajstić information content (AvgIpc) is 2.49. The summed E-state index contributed by atoms with van der Waals surface area (Å²) in [5, 5.41) is 0.379. The molecule has 0 heterocycles. The predicted molar refractivity (Wildman–Crippen MR) is 91.3 cm³/mol. The van der Waals surface area contributed by atoms with Crippen molar-refractivity contribution in [3.05, 3.63) is 63.1 Å². The largest absolute Gasteiger partial charge is 0.242 e. The fourth-order valence-corrected chi connectivity index (χ4v) is 4.34. The number of hydrogen-bond acceptors (Lipinski definition) is 2. The first-order valence-electron chi connectivity index (χ1n) is 6.57. The molecular weight excluding hydrogens is 365 g/mol. The zero-order valence-electron chi connectivity index (χ0n) is 11.7. The third-order valence-corrected chi connectivity index (χ3v) is 5.83. The second-order valence-electron chi connectivity index (χ2n) is 4.69. The van der Waals surface area contributed by atoms with E-state index in [1.165, 1.54) is 12.1 Å². The molecule has 118 valence electrons. The molecule has 1 N–H and O–H groups in total. The molecule has 0 amide bonds. The van der Waals surface area contributed by atoms with Crippen LogP contribution in [0.5, 0.6) is 0 Å². The van der Waals surface area contributed by atoms with Gasteiger partial charge in [-0.15, -0.1) is 0 Å². The van der Waals surface area contributed by atoms with Gasteiger partial charge in [0.25, 0.3) is 0 Å². The average molecular weight is 379 g/mol. The highest BCUT2D eigenvalue weighted by molar-refractivity contribution is 7.89. The topological polar surface area (TPSA) is 46.2 Å². The Kier molecular flexibility index (Phi) is 5.75. The number of hydrogen-bond donors (Lipinski definition) is 1. The molecule has 0 saturated carbocycles. The van der Waals surface area contributed by atoms with E-state index in [9.17, 15) is 8.42 Å². The minimum Gasteiger partial charge on any atom is -0.207 e. The van der Waals surface area contributed by atoms with Crippen LogP contribution in [0.2, 0.25) is 15.1 Å². The molecule has 0 fully saturated rings. The summed E-state index contributed by atoms with van der Waals surface area (Å²) in [7, 11) is -3.81. The fourth-order valence-electron chi connectivity index (χ4n) is 2.03. The van der Waals surface area contributed by atoms with Crippen molar-refractivity contribution in [2.45, 2.75) is 24.3 Å². The molecular formula is C15H14Cl3NO2S. The third-order valence-electron chi connectivity index (χ3n) is 3.17. The zero-order valence-corrected chi connectivity index (χ0v) is 14.8. The number of sulfonamides is 1. The van der Waals surface area contributed by atoms with Crippen molar-refractivity contribution in [3.8, 4) is 0 Å². The molecule has 2 aromatic carbocycles. The van der Waals surface area contributed by atoms with Crippen molar-refractivity contribution in [1.82, 2.24) is 4.72 Å². The fraction of sp³-hybridized carbons (Fsp3) is 0.200. The van der Waals surface area contributed by atoms with E-state index in [0.717, 1.165) is 5.56 Å². The third kappa shape index (κ3) is 3.94. The number of benzene rings is 2. The van der Waals surface area contributed by atoms with Gasteiger partial charge in [-0.05, 0) is 24.1 Å². The van der Waals surface area contributed by atoms with E-state index in [-0.39, 0.29) is 26.0 Å². The molecule has 0 saturated heterocycles. The van der Waals surface area contributed by atoms with Gasteiger partial charge in [-0.2, -0.15) is 0 Å². The molecule has 3 nitrogen and oxygen atoms in total. The second kappa shape index (κ2) is 7.20. The summed E-state index contributed by atoms with van der Waals surface area (Å²) in [6.45, 7) is 1.90. The van der Waals surface area contributed by atoms with Gasteiger partial charge in [0.15, 0.2) is 0 Å². The molecule has 1 unspecified atom stereocenters. The van der Waals surface area contributed by atoms with Crippen LogP contribution in [0.25, 0.3) is 0 Å². The van der Waals surface area contributed by atoms with Crippen LogP contribution in [0, 0.1) is 0 Å². The van der Waals surface area contributed by atoms with Gasteiger partial charge < -0.3 is 0 Å². The molecule has 0 radical (unpaired) electrons. The van der Waals surface area contributed by atoms with Crippen molar-refractivity contribution in [2.24, 2.45) is 0 Å². The lowest BCUT2D eigenvalue weighted by molar-refractivity contribution is 0.550. The van der Waals surface area contributed by atoms with Gasteiger partial charge in [-0.1, -0.05) is 72.1 Å². The van der Waals surface area contributed by atoms with Crippen molar-refractivity contribution in [3.63, 3.8) is 0 Å². The molecule has 0 aromatic heterocycles. The standard InChI is InChI=1S/C15H14Cl3NO2S/c1-2-14(10-6-4-3-5-7-10)19-22(20,21)15-9-12(17)11(16)8-13(15)18/h3-9,14,19H,2H2,1H3. The van der Waals surface area contributed by atoms with Crippen molar-refractivity contribution in [2.75, 3.05) is 0 Å². The van der Waals surface area contributed by atoms with Crippen LogP contribution >= 0.6 is 34.8 Å². The maximum atomic E-state index is 12.6. The summed E-state index contributed by atoms with van der Waals surface area (Å²) in [4.78, 5) is -0.0852. The van der Waals surface area contributed by atoms with E-state index in [1.807, 2.05) is 37.3 Å². The van der Waals surface area contributed by atoms with E-state index in [0.29, 0.717) is 6.42 Å². The van der Waals surface area contributed by atoms with Gasteiger partial charge in [0.1, 0.15) is 4.90 Å². The predicted octanol–water partition coefficient (Wildman–Crippen LogP) is 5.08. The van der Waals surface area contributed by atoms with E-state index in [1.54, 1.807) is 0 Å². The Morgan fingerprint density at radius 3 is 2.18 bits per heavy atom. The smallest absolute Gasteiger partial charge is 0.207 e. The molecule has 2 rings (SSSR count). The normalized spacial score (nSPS) is 13.1. The summed E-state index contributed by atoms with van der Waals surface area (Å²) in [6, 6.07) is 11.6. The van der Waals surface area contributed by atoms with Crippen molar-refractivity contribution < 1.29 is 8.42 Å². The molecule has 1 atom stereocenters. The van der Waals surface area contributed by atoms with E-state index < -0.39 is 10.0 Å². The maximum absolute atomic E-state index is 12.6. The van der Waals surface area contributed by atoms with E-state index in [2.05, 4.69) is 4.72 Å². The van der Waals surface area contributed by atoms with Crippen molar-refractivity contribution in [1.29, 1.82) is 0 Å². The van der Waals surface area contributed by atoms with Gasteiger partial charge in [0.05, 0.1) is 15.1 Å². The second-order valence-corrected chi connectivity index (χ2v) is 7.59. The number of nitrogens with one attached hydrogen (secondary N) is 1. The Morgan fingerprint density at radius 1 is 1.00 bits per heavy atom. The SMILES string of the molecule is CCC(NS(=O)(=O)c1cc(Cl)c(Cl)cc1Cl)c1ccccc1.